The van der Waals surface area contributed by atoms with Crippen LogP contribution in [-0.4, -0.2) is 37.7 Å². The Bertz CT molecular complexity index is 303. The Labute approximate surface area is 111 Å². The molecule has 0 saturated carbocycles. The van der Waals surface area contributed by atoms with E-state index in [0.717, 1.165) is 39.1 Å². The van der Waals surface area contributed by atoms with Crippen LogP contribution in [-0.2, 0) is 11.3 Å². The molecule has 1 rings (SSSR count). The van der Waals surface area contributed by atoms with E-state index in [0.29, 0.717) is 0 Å². The molecule has 0 radical (unpaired) electrons. The smallest absolute Gasteiger partial charge is 0.0462 e. The molecular formula is C15H26N2O. The molecule has 102 valence electrons. The van der Waals surface area contributed by atoms with Gasteiger partial charge in [-0.3, -0.25) is 4.90 Å². The van der Waals surface area contributed by atoms with Gasteiger partial charge >= 0.3 is 0 Å². The molecule has 0 aliphatic heterocycles. The molecule has 18 heavy (non-hydrogen) atoms. The highest BCUT2D eigenvalue weighted by molar-refractivity contribution is 5.14. The van der Waals surface area contributed by atoms with Crippen LogP contribution in [0.15, 0.2) is 30.3 Å². The summed E-state index contributed by atoms with van der Waals surface area (Å²) in [7, 11) is 1.74. The van der Waals surface area contributed by atoms with E-state index in [4.69, 9.17) is 10.5 Å². The van der Waals surface area contributed by atoms with Crippen molar-refractivity contribution in [2.24, 2.45) is 5.73 Å². The molecule has 0 aliphatic rings. The van der Waals surface area contributed by atoms with Crippen LogP contribution in [0.4, 0.5) is 0 Å². The van der Waals surface area contributed by atoms with Crippen molar-refractivity contribution in [1.29, 1.82) is 0 Å². The van der Waals surface area contributed by atoms with E-state index >= 15 is 0 Å². The van der Waals surface area contributed by atoms with Crippen molar-refractivity contribution in [2.45, 2.75) is 32.4 Å². The highest BCUT2D eigenvalue weighted by Gasteiger charge is 2.09. The van der Waals surface area contributed by atoms with Crippen LogP contribution in [0.1, 0.15) is 25.3 Å². The molecule has 0 fully saturated rings. The van der Waals surface area contributed by atoms with E-state index in [9.17, 15) is 0 Å². The van der Waals surface area contributed by atoms with Crippen molar-refractivity contribution in [3.8, 4) is 0 Å². The van der Waals surface area contributed by atoms with Crippen LogP contribution in [0.5, 0.6) is 0 Å². The molecule has 0 saturated heterocycles. The van der Waals surface area contributed by atoms with Crippen LogP contribution < -0.4 is 5.73 Å². The van der Waals surface area contributed by atoms with Crippen molar-refractivity contribution in [3.05, 3.63) is 35.9 Å². The average molecular weight is 250 g/mol. The molecule has 2 N–H and O–H groups in total. The number of nitrogens with two attached hydrogens (primary N) is 1. The molecule has 0 bridgehead atoms. The first kappa shape index (κ1) is 15.2. The second-order valence-electron chi connectivity index (χ2n) is 4.71. The van der Waals surface area contributed by atoms with Gasteiger partial charge in [-0.1, -0.05) is 37.3 Å². The summed E-state index contributed by atoms with van der Waals surface area (Å²) >= 11 is 0. The van der Waals surface area contributed by atoms with Crippen molar-refractivity contribution in [3.63, 3.8) is 0 Å². The maximum absolute atomic E-state index is 6.15. The third-order valence-corrected chi connectivity index (χ3v) is 3.11. The molecule has 0 amide bonds. The fraction of sp³-hybridized carbons (Fsp3) is 0.600. The number of rotatable bonds is 9. The Morgan fingerprint density at radius 1 is 1.28 bits per heavy atom. The van der Waals surface area contributed by atoms with Crippen LogP contribution in [0.25, 0.3) is 0 Å². The first-order valence-electron chi connectivity index (χ1n) is 6.77. The Balaban J connectivity index is 2.32. The van der Waals surface area contributed by atoms with E-state index in [1.54, 1.807) is 7.11 Å². The van der Waals surface area contributed by atoms with Gasteiger partial charge in [-0.25, -0.2) is 0 Å². The summed E-state index contributed by atoms with van der Waals surface area (Å²) in [5.74, 6) is 0. The zero-order valence-corrected chi connectivity index (χ0v) is 11.6. The number of benzene rings is 1. The minimum atomic E-state index is 0.240. The third-order valence-electron chi connectivity index (χ3n) is 3.11. The van der Waals surface area contributed by atoms with Crippen molar-refractivity contribution >= 4 is 0 Å². The van der Waals surface area contributed by atoms with Crippen LogP contribution >= 0.6 is 0 Å². The lowest BCUT2D eigenvalue weighted by molar-refractivity contribution is 0.185. The highest BCUT2D eigenvalue weighted by atomic mass is 16.5. The molecule has 1 atom stereocenters. The zero-order chi connectivity index (χ0) is 13.2. The lowest BCUT2D eigenvalue weighted by Gasteiger charge is -2.24. The summed E-state index contributed by atoms with van der Waals surface area (Å²) in [4.78, 5) is 2.40. The van der Waals surface area contributed by atoms with Gasteiger partial charge in [0.15, 0.2) is 0 Å². The van der Waals surface area contributed by atoms with E-state index in [1.807, 2.05) is 0 Å². The van der Waals surface area contributed by atoms with E-state index in [1.165, 1.54) is 5.56 Å². The van der Waals surface area contributed by atoms with Gasteiger partial charge in [0.2, 0.25) is 0 Å². The molecule has 0 aliphatic carbocycles. The standard InChI is InChI=1S/C15H26N2O/c1-3-17(12-14-8-5-4-6-9-14)13-15(16)10-7-11-18-2/h4-6,8-9,15H,3,7,10-13,16H2,1-2H3. The van der Waals surface area contributed by atoms with E-state index in [-0.39, 0.29) is 6.04 Å². The van der Waals surface area contributed by atoms with Gasteiger partial charge in [-0.15, -0.1) is 0 Å². The molecule has 0 spiro atoms. The van der Waals surface area contributed by atoms with E-state index in [2.05, 4.69) is 42.2 Å². The summed E-state index contributed by atoms with van der Waals surface area (Å²) in [5.41, 5.74) is 7.50. The van der Waals surface area contributed by atoms with Crippen molar-refractivity contribution < 1.29 is 4.74 Å². The lowest BCUT2D eigenvalue weighted by Crippen LogP contribution is -2.37. The summed E-state index contributed by atoms with van der Waals surface area (Å²) in [6, 6.07) is 10.8. The fourth-order valence-electron chi connectivity index (χ4n) is 2.06. The molecule has 1 aromatic carbocycles. The number of hydrogen-bond acceptors (Lipinski definition) is 3. The predicted octanol–water partition coefficient (Wildman–Crippen LogP) is 2.26. The van der Waals surface area contributed by atoms with Gasteiger partial charge in [-0.05, 0) is 24.9 Å². The topological polar surface area (TPSA) is 38.5 Å². The Kier molecular flexibility index (Phi) is 7.65. The predicted molar refractivity (Wildman–Crippen MR) is 76.5 cm³/mol. The second kappa shape index (κ2) is 9.09. The van der Waals surface area contributed by atoms with Gasteiger partial charge in [0.25, 0.3) is 0 Å². The molecule has 0 heterocycles. The van der Waals surface area contributed by atoms with Gasteiger partial charge in [0, 0.05) is 32.8 Å². The quantitative estimate of drug-likeness (QED) is 0.683. The highest BCUT2D eigenvalue weighted by Crippen LogP contribution is 2.06. The molecule has 1 unspecified atom stereocenters. The van der Waals surface area contributed by atoms with Gasteiger partial charge in [0.05, 0.1) is 0 Å². The molecule has 3 heteroatoms. The normalized spacial score (nSPS) is 12.9. The monoisotopic (exact) mass is 250 g/mol. The van der Waals surface area contributed by atoms with Gasteiger partial charge < -0.3 is 10.5 Å². The van der Waals surface area contributed by atoms with E-state index < -0.39 is 0 Å². The Morgan fingerprint density at radius 2 is 2.00 bits per heavy atom. The van der Waals surface area contributed by atoms with Crippen molar-refractivity contribution in [1.82, 2.24) is 4.90 Å². The maximum Gasteiger partial charge on any atom is 0.0462 e. The van der Waals surface area contributed by atoms with Crippen LogP contribution in [0, 0.1) is 0 Å². The van der Waals surface area contributed by atoms with Gasteiger partial charge in [0.1, 0.15) is 0 Å². The third kappa shape index (κ3) is 6.15. The van der Waals surface area contributed by atoms with Crippen LogP contribution in [0.3, 0.4) is 0 Å². The summed E-state index contributed by atoms with van der Waals surface area (Å²) in [6.45, 7) is 5.96. The number of ether oxygens (including phenoxy) is 1. The summed E-state index contributed by atoms with van der Waals surface area (Å²) in [6.07, 6.45) is 2.07. The number of hydrogen-bond donors (Lipinski definition) is 1. The SMILES string of the molecule is CCN(Cc1ccccc1)CC(N)CCCOC. The minimum Gasteiger partial charge on any atom is -0.385 e. The van der Waals surface area contributed by atoms with Crippen molar-refractivity contribution in [2.75, 3.05) is 26.8 Å². The first-order valence-corrected chi connectivity index (χ1v) is 6.77. The van der Waals surface area contributed by atoms with Crippen LogP contribution in [0.2, 0.25) is 0 Å². The lowest BCUT2D eigenvalue weighted by atomic mass is 10.1. The second-order valence-corrected chi connectivity index (χ2v) is 4.71. The molecule has 1 aromatic rings. The zero-order valence-electron chi connectivity index (χ0n) is 11.6. The summed E-state index contributed by atoms with van der Waals surface area (Å²) < 4.78 is 5.05. The maximum atomic E-state index is 6.15. The number of methoxy groups -OCH3 is 1. The molecular weight excluding hydrogens is 224 g/mol. The average Bonchev–Trinajstić information content (AvgIpc) is 2.39. The number of nitrogens with zero attached hydrogens (tertiary/aromatic N) is 1. The largest absolute Gasteiger partial charge is 0.385 e. The fourth-order valence-corrected chi connectivity index (χ4v) is 2.06. The van der Waals surface area contributed by atoms with Gasteiger partial charge in [-0.2, -0.15) is 0 Å². The Hall–Kier alpha value is -0.900. The first-order chi connectivity index (χ1) is 8.76. The minimum absolute atomic E-state index is 0.240. The number of likely N-dealkylation sites (N-methyl/N-ethyl adjacent to an activating group) is 1. The molecule has 0 aromatic heterocycles. The summed E-state index contributed by atoms with van der Waals surface area (Å²) in [5, 5.41) is 0. The Morgan fingerprint density at radius 3 is 2.61 bits per heavy atom. The molecule has 3 nitrogen and oxygen atoms in total.